The van der Waals surface area contributed by atoms with Crippen molar-refractivity contribution in [2.45, 2.75) is 19.5 Å². The molecule has 0 bridgehead atoms. The van der Waals surface area contributed by atoms with Crippen LogP contribution < -0.4 is 5.32 Å². The number of hydrogen-bond donors (Lipinski definition) is 2. The Morgan fingerprint density at radius 1 is 1.41 bits per heavy atom. The van der Waals surface area contributed by atoms with E-state index < -0.39 is 0 Å². The van der Waals surface area contributed by atoms with Gasteiger partial charge < -0.3 is 10.4 Å². The lowest BCUT2D eigenvalue weighted by atomic mass is 10.1. The summed E-state index contributed by atoms with van der Waals surface area (Å²) in [7, 11) is 0. The molecule has 0 amide bonds. The van der Waals surface area contributed by atoms with Crippen LogP contribution in [0.25, 0.3) is 0 Å². The second kappa shape index (κ2) is 5.67. The Hall–Kier alpha value is -0.840. The van der Waals surface area contributed by atoms with E-state index in [-0.39, 0.29) is 5.75 Å². The first-order valence-electron chi connectivity index (χ1n) is 5.39. The Morgan fingerprint density at radius 3 is 2.88 bits per heavy atom. The van der Waals surface area contributed by atoms with Gasteiger partial charge in [-0.05, 0) is 62.9 Å². The van der Waals surface area contributed by atoms with Crippen molar-refractivity contribution in [3.63, 3.8) is 0 Å². The third-order valence-corrected chi connectivity index (χ3v) is 4.00. The van der Waals surface area contributed by atoms with E-state index in [4.69, 9.17) is 0 Å². The average molecular weight is 312 g/mol. The van der Waals surface area contributed by atoms with Gasteiger partial charge in [0.1, 0.15) is 5.75 Å². The lowest BCUT2D eigenvalue weighted by Gasteiger charge is -2.12. The summed E-state index contributed by atoms with van der Waals surface area (Å²) < 4.78 is 0.736. The molecule has 0 aliphatic carbocycles. The number of hydrogen-bond acceptors (Lipinski definition) is 3. The van der Waals surface area contributed by atoms with Gasteiger partial charge in [0.15, 0.2) is 0 Å². The lowest BCUT2D eigenvalue weighted by Crippen LogP contribution is -2.17. The number of thiophene rings is 1. The number of phenolic OH excluding ortho intramolecular Hbond substituents is 1. The molecule has 0 aliphatic heterocycles. The fraction of sp³-hybridized carbons (Fsp3) is 0.231. The molecule has 17 heavy (non-hydrogen) atoms. The highest BCUT2D eigenvalue weighted by atomic mass is 79.9. The lowest BCUT2D eigenvalue weighted by molar-refractivity contribution is 0.471. The summed E-state index contributed by atoms with van der Waals surface area (Å²) >= 11 is 5.03. The number of aromatic hydroxyl groups is 1. The van der Waals surface area contributed by atoms with Crippen LogP contribution in [-0.4, -0.2) is 5.11 Å². The normalized spacial score (nSPS) is 12.6. The van der Waals surface area contributed by atoms with Crippen molar-refractivity contribution in [2.24, 2.45) is 0 Å². The molecule has 0 aliphatic rings. The largest absolute Gasteiger partial charge is 0.507 e. The minimum absolute atomic E-state index is 0.277. The minimum atomic E-state index is 0.277. The van der Waals surface area contributed by atoms with Gasteiger partial charge in [0.05, 0.1) is 4.47 Å². The maximum absolute atomic E-state index is 9.41. The summed E-state index contributed by atoms with van der Waals surface area (Å²) in [6.45, 7) is 2.94. The van der Waals surface area contributed by atoms with E-state index in [0.717, 1.165) is 16.6 Å². The third kappa shape index (κ3) is 3.31. The minimum Gasteiger partial charge on any atom is -0.507 e. The van der Waals surface area contributed by atoms with Crippen LogP contribution in [0.2, 0.25) is 0 Å². The topological polar surface area (TPSA) is 32.3 Å². The van der Waals surface area contributed by atoms with Crippen LogP contribution in [0.5, 0.6) is 5.75 Å². The maximum atomic E-state index is 9.41. The summed E-state index contributed by atoms with van der Waals surface area (Å²) in [4.78, 5) is 0. The van der Waals surface area contributed by atoms with E-state index in [2.05, 4.69) is 45.0 Å². The fourth-order valence-corrected chi connectivity index (χ4v) is 2.75. The van der Waals surface area contributed by atoms with Crippen molar-refractivity contribution >= 4 is 27.3 Å². The van der Waals surface area contributed by atoms with Crippen molar-refractivity contribution in [1.29, 1.82) is 0 Å². The first-order valence-corrected chi connectivity index (χ1v) is 7.13. The van der Waals surface area contributed by atoms with Crippen LogP contribution in [0, 0.1) is 0 Å². The van der Waals surface area contributed by atoms with Gasteiger partial charge in [0, 0.05) is 12.6 Å². The molecule has 90 valence electrons. The van der Waals surface area contributed by atoms with Gasteiger partial charge in [-0.25, -0.2) is 0 Å². The van der Waals surface area contributed by atoms with Crippen LogP contribution in [0.3, 0.4) is 0 Å². The molecule has 1 unspecified atom stereocenters. The molecule has 0 fully saturated rings. The molecule has 2 aromatic rings. The van der Waals surface area contributed by atoms with E-state index in [0.29, 0.717) is 6.04 Å². The van der Waals surface area contributed by atoms with Crippen molar-refractivity contribution in [3.05, 3.63) is 50.6 Å². The maximum Gasteiger partial charge on any atom is 0.129 e. The van der Waals surface area contributed by atoms with Gasteiger partial charge in [-0.15, -0.1) is 0 Å². The molecule has 2 rings (SSSR count). The second-order valence-electron chi connectivity index (χ2n) is 3.95. The van der Waals surface area contributed by atoms with Crippen molar-refractivity contribution < 1.29 is 5.11 Å². The Bertz CT molecular complexity index is 484. The van der Waals surface area contributed by atoms with Crippen molar-refractivity contribution in [1.82, 2.24) is 5.32 Å². The van der Waals surface area contributed by atoms with Crippen LogP contribution in [-0.2, 0) is 6.54 Å². The zero-order chi connectivity index (χ0) is 12.3. The van der Waals surface area contributed by atoms with Crippen molar-refractivity contribution in [2.75, 3.05) is 0 Å². The summed E-state index contributed by atoms with van der Waals surface area (Å²) in [5.74, 6) is 0.277. The van der Waals surface area contributed by atoms with Crippen LogP contribution in [0.15, 0.2) is 39.5 Å². The average Bonchev–Trinajstić information content (AvgIpc) is 2.84. The standard InChI is InChI=1S/C13H14BrNOS/c1-9(11-4-5-17-8-11)15-7-10-2-3-13(16)12(14)6-10/h2-6,8-9,15-16H,7H2,1H3. The zero-order valence-corrected chi connectivity index (χ0v) is 11.9. The molecular weight excluding hydrogens is 298 g/mol. The molecule has 2 N–H and O–H groups in total. The number of benzene rings is 1. The first kappa shape index (κ1) is 12.6. The predicted molar refractivity (Wildman–Crippen MR) is 75.4 cm³/mol. The molecule has 1 aromatic carbocycles. The van der Waals surface area contributed by atoms with Crippen LogP contribution >= 0.6 is 27.3 Å². The van der Waals surface area contributed by atoms with Crippen molar-refractivity contribution in [3.8, 4) is 5.75 Å². The number of phenols is 1. The Kier molecular flexibility index (Phi) is 4.20. The van der Waals surface area contributed by atoms with Crippen LogP contribution in [0.4, 0.5) is 0 Å². The predicted octanol–water partition coefficient (Wildman–Crippen LogP) is 4.07. The molecular formula is C13H14BrNOS. The molecule has 0 saturated heterocycles. The second-order valence-corrected chi connectivity index (χ2v) is 5.58. The molecule has 1 aromatic heterocycles. The molecule has 1 atom stereocenters. The highest BCUT2D eigenvalue weighted by Crippen LogP contribution is 2.24. The summed E-state index contributed by atoms with van der Waals surface area (Å²) in [5.41, 5.74) is 2.46. The highest BCUT2D eigenvalue weighted by Gasteiger charge is 2.05. The smallest absolute Gasteiger partial charge is 0.129 e. The quantitative estimate of drug-likeness (QED) is 0.892. The fourth-order valence-electron chi connectivity index (χ4n) is 1.57. The molecule has 0 saturated carbocycles. The molecule has 0 radical (unpaired) electrons. The number of rotatable bonds is 4. The third-order valence-electron chi connectivity index (χ3n) is 2.67. The van der Waals surface area contributed by atoms with E-state index in [1.165, 1.54) is 5.56 Å². The Labute approximate surface area is 113 Å². The van der Waals surface area contributed by atoms with Gasteiger partial charge in [-0.2, -0.15) is 11.3 Å². The van der Waals surface area contributed by atoms with Gasteiger partial charge in [-0.1, -0.05) is 6.07 Å². The van der Waals surface area contributed by atoms with Gasteiger partial charge in [-0.3, -0.25) is 0 Å². The SMILES string of the molecule is CC(NCc1ccc(O)c(Br)c1)c1ccsc1. The monoisotopic (exact) mass is 311 g/mol. The molecule has 0 spiro atoms. The summed E-state index contributed by atoms with van der Waals surface area (Å²) in [6, 6.07) is 8.04. The summed E-state index contributed by atoms with van der Waals surface area (Å²) in [6.07, 6.45) is 0. The van der Waals surface area contributed by atoms with E-state index in [1.54, 1.807) is 17.4 Å². The van der Waals surface area contributed by atoms with E-state index >= 15 is 0 Å². The Morgan fingerprint density at radius 2 is 2.24 bits per heavy atom. The molecule has 2 nitrogen and oxygen atoms in total. The van der Waals surface area contributed by atoms with E-state index in [1.807, 2.05) is 12.1 Å². The molecule has 1 heterocycles. The van der Waals surface area contributed by atoms with Gasteiger partial charge >= 0.3 is 0 Å². The zero-order valence-electron chi connectivity index (χ0n) is 9.48. The number of nitrogens with one attached hydrogen (secondary N) is 1. The first-order chi connectivity index (χ1) is 8.16. The number of halogens is 1. The van der Waals surface area contributed by atoms with Crippen LogP contribution in [0.1, 0.15) is 24.1 Å². The Balaban J connectivity index is 1.96. The van der Waals surface area contributed by atoms with Gasteiger partial charge in [0.25, 0.3) is 0 Å². The van der Waals surface area contributed by atoms with E-state index in [9.17, 15) is 5.11 Å². The molecule has 4 heteroatoms. The van der Waals surface area contributed by atoms with Gasteiger partial charge in [0.2, 0.25) is 0 Å². The highest BCUT2D eigenvalue weighted by molar-refractivity contribution is 9.10. The summed E-state index contributed by atoms with van der Waals surface area (Å²) in [5, 5.41) is 17.1.